The molecule has 0 aliphatic carbocycles. The molecule has 0 radical (unpaired) electrons. The van der Waals surface area contributed by atoms with Crippen LogP contribution in [0.3, 0.4) is 0 Å². The highest BCUT2D eigenvalue weighted by molar-refractivity contribution is 5.91. The van der Waals surface area contributed by atoms with E-state index >= 15 is 0 Å². The third kappa shape index (κ3) is 3.25. The first-order chi connectivity index (χ1) is 11.9. The van der Waals surface area contributed by atoms with E-state index in [1.54, 1.807) is 13.1 Å². The van der Waals surface area contributed by atoms with Crippen LogP contribution in [-0.2, 0) is 4.79 Å². The fourth-order valence-electron chi connectivity index (χ4n) is 2.32. The molecule has 3 heterocycles. The van der Waals surface area contributed by atoms with Crippen molar-refractivity contribution in [2.24, 2.45) is 5.92 Å². The minimum Gasteiger partial charge on any atom is -0.481 e. The summed E-state index contributed by atoms with van der Waals surface area (Å²) in [6, 6.07) is 0.722. The molecule has 0 aromatic carbocycles. The Labute approximate surface area is 141 Å². The van der Waals surface area contributed by atoms with Crippen molar-refractivity contribution in [3.8, 4) is 11.4 Å². The molecule has 130 valence electrons. The highest BCUT2D eigenvalue weighted by Crippen LogP contribution is 2.27. The molecule has 0 aliphatic heterocycles. The number of hydrogen-bond donors (Lipinski definition) is 3. The maximum atomic E-state index is 14.0. The number of anilines is 1. The van der Waals surface area contributed by atoms with Gasteiger partial charge in [0.05, 0.1) is 18.3 Å². The van der Waals surface area contributed by atoms with Crippen molar-refractivity contribution in [2.75, 3.05) is 5.32 Å². The molecule has 0 aliphatic rings. The van der Waals surface area contributed by atoms with Gasteiger partial charge in [0.1, 0.15) is 11.5 Å². The van der Waals surface area contributed by atoms with E-state index in [2.05, 4.69) is 25.3 Å². The lowest BCUT2D eigenvalue weighted by molar-refractivity contribution is -0.141. The van der Waals surface area contributed by atoms with Crippen molar-refractivity contribution >= 4 is 22.8 Å². The normalized spacial score (nSPS) is 13.6. The number of carbonyl (C=O) groups is 1. The predicted octanol–water partition coefficient (Wildman–Crippen LogP) is 2.82. The molecular weight excluding hydrogens is 332 g/mol. The van der Waals surface area contributed by atoms with Gasteiger partial charge in [-0.1, -0.05) is 0 Å². The second kappa shape index (κ2) is 6.42. The zero-order valence-electron chi connectivity index (χ0n) is 13.4. The average molecular weight is 347 g/mol. The SMILES string of the molecule is C[C@H](Nc1nc(-c2c[nH]c3ncc(F)cc23)ncc1F)[C@H](C)C(=O)O. The van der Waals surface area contributed by atoms with Crippen LogP contribution in [0, 0.1) is 17.6 Å². The van der Waals surface area contributed by atoms with Crippen molar-refractivity contribution in [1.82, 2.24) is 19.9 Å². The molecule has 3 aromatic heterocycles. The van der Waals surface area contributed by atoms with E-state index in [0.717, 1.165) is 12.4 Å². The number of carboxylic acids is 1. The first-order valence-electron chi connectivity index (χ1n) is 7.51. The maximum absolute atomic E-state index is 14.0. The van der Waals surface area contributed by atoms with E-state index < -0.39 is 29.6 Å². The quantitative estimate of drug-likeness (QED) is 0.656. The molecule has 0 unspecified atom stereocenters. The van der Waals surface area contributed by atoms with Crippen LogP contribution in [0.25, 0.3) is 22.4 Å². The Hall–Kier alpha value is -3.10. The molecule has 0 saturated carbocycles. The van der Waals surface area contributed by atoms with E-state index in [-0.39, 0.29) is 11.6 Å². The summed E-state index contributed by atoms with van der Waals surface area (Å²) in [4.78, 5) is 25.9. The van der Waals surface area contributed by atoms with E-state index in [1.165, 1.54) is 13.0 Å². The minimum absolute atomic E-state index is 0.121. The van der Waals surface area contributed by atoms with E-state index in [0.29, 0.717) is 16.6 Å². The van der Waals surface area contributed by atoms with Gasteiger partial charge >= 0.3 is 5.97 Å². The molecule has 0 bridgehead atoms. The Kier molecular flexibility index (Phi) is 4.30. The Morgan fingerprint density at radius 1 is 1.28 bits per heavy atom. The Morgan fingerprint density at radius 3 is 2.76 bits per heavy atom. The number of aromatic nitrogens is 4. The van der Waals surface area contributed by atoms with Gasteiger partial charge in [-0.05, 0) is 19.9 Å². The Balaban J connectivity index is 1.98. The number of pyridine rings is 1. The molecule has 0 fully saturated rings. The third-order valence-electron chi connectivity index (χ3n) is 3.99. The minimum atomic E-state index is -1.01. The number of carboxylic acid groups (broad SMARTS) is 1. The van der Waals surface area contributed by atoms with Crippen LogP contribution >= 0.6 is 0 Å². The number of nitrogens with zero attached hydrogens (tertiary/aromatic N) is 3. The lowest BCUT2D eigenvalue weighted by Gasteiger charge is -2.18. The summed E-state index contributed by atoms with van der Waals surface area (Å²) in [5.74, 6) is -2.94. The molecular formula is C16H15F2N5O2. The topological polar surface area (TPSA) is 104 Å². The molecule has 3 rings (SSSR count). The van der Waals surface area contributed by atoms with E-state index in [1.807, 2.05) is 0 Å². The first-order valence-corrected chi connectivity index (χ1v) is 7.51. The fourth-order valence-corrected chi connectivity index (χ4v) is 2.32. The van der Waals surface area contributed by atoms with Crippen molar-refractivity contribution in [3.05, 3.63) is 36.3 Å². The number of nitrogens with one attached hydrogen (secondary N) is 2. The molecule has 0 saturated heterocycles. The van der Waals surface area contributed by atoms with Crippen molar-refractivity contribution in [2.45, 2.75) is 19.9 Å². The van der Waals surface area contributed by atoms with E-state index in [9.17, 15) is 13.6 Å². The summed E-state index contributed by atoms with van der Waals surface area (Å²) in [5.41, 5.74) is 0.913. The van der Waals surface area contributed by atoms with Gasteiger partial charge in [0.25, 0.3) is 0 Å². The largest absolute Gasteiger partial charge is 0.481 e. The van der Waals surface area contributed by atoms with Crippen LogP contribution in [0.2, 0.25) is 0 Å². The van der Waals surface area contributed by atoms with Gasteiger partial charge in [-0.3, -0.25) is 4.79 Å². The fraction of sp³-hybridized carbons (Fsp3) is 0.250. The molecule has 9 heteroatoms. The first kappa shape index (κ1) is 16.7. The summed E-state index contributed by atoms with van der Waals surface area (Å²) in [5, 5.41) is 12.2. The number of H-pyrrole nitrogens is 1. The summed E-state index contributed by atoms with van der Waals surface area (Å²) in [7, 11) is 0. The van der Waals surface area contributed by atoms with Crippen molar-refractivity contribution < 1.29 is 18.7 Å². The highest BCUT2D eigenvalue weighted by atomic mass is 19.1. The van der Waals surface area contributed by atoms with Gasteiger partial charge in [-0.2, -0.15) is 0 Å². The number of rotatable bonds is 5. The van der Waals surface area contributed by atoms with Gasteiger partial charge in [-0.15, -0.1) is 0 Å². The lowest BCUT2D eigenvalue weighted by atomic mass is 10.0. The van der Waals surface area contributed by atoms with Gasteiger partial charge < -0.3 is 15.4 Å². The number of fused-ring (bicyclic) bond motifs is 1. The van der Waals surface area contributed by atoms with Crippen molar-refractivity contribution in [3.63, 3.8) is 0 Å². The molecule has 0 amide bonds. The van der Waals surface area contributed by atoms with Crippen LogP contribution in [0.15, 0.2) is 24.7 Å². The second-order valence-electron chi connectivity index (χ2n) is 5.70. The summed E-state index contributed by atoms with van der Waals surface area (Å²) in [6.07, 6.45) is 3.61. The summed E-state index contributed by atoms with van der Waals surface area (Å²) < 4.78 is 27.4. The van der Waals surface area contributed by atoms with Gasteiger partial charge in [0, 0.05) is 23.2 Å². The van der Waals surface area contributed by atoms with Crippen LogP contribution in [-0.4, -0.2) is 37.1 Å². The highest BCUT2D eigenvalue weighted by Gasteiger charge is 2.21. The van der Waals surface area contributed by atoms with Crippen LogP contribution < -0.4 is 5.32 Å². The van der Waals surface area contributed by atoms with Crippen LogP contribution in [0.4, 0.5) is 14.6 Å². The smallest absolute Gasteiger partial charge is 0.308 e. The monoisotopic (exact) mass is 347 g/mol. The van der Waals surface area contributed by atoms with Crippen LogP contribution in [0.5, 0.6) is 0 Å². The Bertz CT molecular complexity index is 943. The zero-order chi connectivity index (χ0) is 18.1. The van der Waals surface area contributed by atoms with E-state index in [4.69, 9.17) is 5.11 Å². The molecule has 2 atom stereocenters. The number of aromatic amines is 1. The second-order valence-corrected chi connectivity index (χ2v) is 5.70. The van der Waals surface area contributed by atoms with Gasteiger partial charge in [-0.25, -0.2) is 23.7 Å². The molecule has 0 spiro atoms. The maximum Gasteiger partial charge on any atom is 0.308 e. The molecule has 3 N–H and O–H groups in total. The molecule has 7 nitrogen and oxygen atoms in total. The zero-order valence-corrected chi connectivity index (χ0v) is 13.4. The summed E-state index contributed by atoms with van der Waals surface area (Å²) >= 11 is 0. The molecule has 3 aromatic rings. The van der Waals surface area contributed by atoms with Gasteiger partial charge in [0.2, 0.25) is 0 Å². The summed E-state index contributed by atoms with van der Waals surface area (Å²) in [6.45, 7) is 3.12. The average Bonchev–Trinajstić information content (AvgIpc) is 2.99. The van der Waals surface area contributed by atoms with Gasteiger partial charge in [0.15, 0.2) is 17.5 Å². The van der Waals surface area contributed by atoms with Crippen LogP contribution in [0.1, 0.15) is 13.8 Å². The molecule has 25 heavy (non-hydrogen) atoms. The predicted molar refractivity (Wildman–Crippen MR) is 86.9 cm³/mol. The lowest BCUT2D eigenvalue weighted by Crippen LogP contribution is -2.30. The van der Waals surface area contributed by atoms with Crippen molar-refractivity contribution in [1.29, 1.82) is 0 Å². The standard InChI is InChI=1S/C16H15F2N5O2/c1-7(16(24)25)8(2)22-15-12(18)6-21-14(23-15)11-5-20-13-10(11)3-9(17)4-19-13/h3-8H,1-2H3,(H,19,20)(H,24,25)(H,21,22,23)/t7-,8-/m0/s1. The number of hydrogen-bond acceptors (Lipinski definition) is 5. The number of halogens is 2. The Morgan fingerprint density at radius 2 is 2.04 bits per heavy atom. The number of aliphatic carboxylic acids is 1. The third-order valence-corrected chi connectivity index (χ3v) is 3.99.